The maximum absolute atomic E-state index is 12.5. The molecular weight excluding hydrogens is 334 g/mol. The van der Waals surface area contributed by atoms with Crippen molar-refractivity contribution in [3.8, 4) is 11.8 Å². The van der Waals surface area contributed by atoms with Gasteiger partial charge in [-0.15, -0.1) is 0 Å². The van der Waals surface area contributed by atoms with Crippen LogP contribution in [-0.2, 0) is 13.0 Å². The second-order valence-electron chi connectivity index (χ2n) is 6.07. The Labute approximate surface area is 149 Å². The zero-order valence-electron chi connectivity index (χ0n) is 14.4. The van der Waals surface area contributed by atoms with Gasteiger partial charge in [-0.3, -0.25) is 4.57 Å². The van der Waals surface area contributed by atoms with Crippen LogP contribution in [0.5, 0.6) is 11.8 Å². The summed E-state index contributed by atoms with van der Waals surface area (Å²) in [5.41, 5.74) is 8.51. The number of benzene rings is 1. The fourth-order valence-corrected chi connectivity index (χ4v) is 3.05. The number of rotatable bonds is 1. The van der Waals surface area contributed by atoms with Crippen LogP contribution in [0, 0.1) is 0 Å². The summed E-state index contributed by atoms with van der Waals surface area (Å²) in [7, 11) is 1.61. The second kappa shape index (κ2) is 6.55. The monoisotopic (exact) mass is 353 g/mol. The van der Waals surface area contributed by atoms with Gasteiger partial charge < -0.3 is 20.2 Å². The normalized spacial score (nSPS) is 15.4. The first-order valence-electron chi connectivity index (χ1n) is 8.35. The van der Waals surface area contributed by atoms with Crippen molar-refractivity contribution >= 4 is 17.0 Å². The third kappa shape index (κ3) is 2.90. The van der Waals surface area contributed by atoms with Crippen LogP contribution in [0.2, 0.25) is 0 Å². The number of ether oxygens (including phenoxy) is 2. The van der Waals surface area contributed by atoms with Crippen LogP contribution in [0.4, 0.5) is 5.82 Å². The Bertz CT molecular complexity index is 1050. The van der Waals surface area contributed by atoms with Gasteiger partial charge in [0.05, 0.1) is 20.3 Å². The van der Waals surface area contributed by atoms with E-state index in [0.29, 0.717) is 30.1 Å². The first kappa shape index (κ1) is 16.2. The minimum atomic E-state index is -0.308. The van der Waals surface area contributed by atoms with E-state index in [-0.39, 0.29) is 17.5 Å². The van der Waals surface area contributed by atoms with Gasteiger partial charge >= 0.3 is 11.7 Å². The summed E-state index contributed by atoms with van der Waals surface area (Å²) in [6.45, 7) is 0.736. The lowest BCUT2D eigenvalue weighted by atomic mass is 10.1. The van der Waals surface area contributed by atoms with Crippen molar-refractivity contribution in [2.75, 3.05) is 19.5 Å². The molecule has 8 nitrogen and oxygen atoms in total. The average Bonchev–Trinajstić information content (AvgIpc) is 2.94. The number of hydrogen-bond acceptors (Lipinski definition) is 6. The van der Waals surface area contributed by atoms with E-state index in [1.807, 2.05) is 18.2 Å². The first-order valence-corrected chi connectivity index (χ1v) is 8.35. The SMILES string of the molecule is COc1ccc2cc1Cn1c(=O)[nH]c3c(N)nc(nc31)OCC/C=C/C2. The molecule has 1 aliphatic heterocycles. The Morgan fingerprint density at radius 2 is 2.19 bits per heavy atom. The quantitative estimate of drug-likeness (QED) is 0.644. The molecule has 0 spiro atoms. The van der Waals surface area contributed by atoms with Gasteiger partial charge in [0, 0.05) is 5.56 Å². The second-order valence-corrected chi connectivity index (χ2v) is 6.07. The van der Waals surface area contributed by atoms with Crippen molar-refractivity contribution in [3.63, 3.8) is 0 Å². The molecule has 1 aromatic carbocycles. The van der Waals surface area contributed by atoms with Gasteiger partial charge in [0.25, 0.3) is 0 Å². The topological polar surface area (TPSA) is 108 Å². The van der Waals surface area contributed by atoms with Gasteiger partial charge in [0.1, 0.15) is 11.3 Å². The number of nitrogen functional groups attached to an aromatic ring is 1. The van der Waals surface area contributed by atoms with Crippen LogP contribution in [0.1, 0.15) is 17.5 Å². The molecule has 0 saturated carbocycles. The Kier molecular flexibility index (Phi) is 4.08. The summed E-state index contributed by atoms with van der Waals surface area (Å²) < 4.78 is 12.6. The van der Waals surface area contributed by atoms with Crippen molar-refractivity contribution in [3.05, 3.63) is 52.0 Å². The number of H-pyrrole nitrogens is 1. The zero-order valence-corrected chi connectivity index (χ0v) is 14.4. The number of nitrogens with one attached hydrogen (secondary N) is 1. The number of anilines is 1. The van der Waals surface area contributed by atoms with Gasteiger partial charge in [0.2, 0.25) is 0 Å². The summed E-state index contributed by atoms with van der Waals surface area (Å²) >= 11 is 0. The number of methoxy groups -OCH3 is 1. The molecule has 4 bridgehead atoms. The molecule has 8 heteroatoms. The van der Waals surface area contributed by atoms with E-state index in [2.05, 4.69) is 27.1 Å². The minimum Gasteiger partial charge on any atom is -0.496 e. The molecule has 1 aliphatic rings. The highest BCUT2D eigenvalue weighted by molar-refractivity contribution is 5.82. The van der Waals surface area contributed by atoms with E-state index in [1.165, 1.54) is 4.57 Å². The van der Waals surface area contributed by atoms with Crippen LogP contribution in [-0.4, -0.2) is 33.2 Å². The lowest BCUT2D eigenvalue weighted by Crippen LogP contribution is -2.18. The predicted molar refractivity (Wildman–Crippen MR) is 97.6 cm³/mol. The number of hydrogen-bond donors (Lipinski definition) is 2. The molecule has 0 amide bonds. The van der Waals surface area contributed by atoms with Gasteiger partial charge in [0.15, 0.2) is 11.5 Å². The van der Waals surface area contributed by atoms with Crippen LogP contribution >= 0.6 is 0 Å². The zero-order chi connectivity index (χ0) is 18.1. The van der Waals surface area contributed by atoms with E-state index in [1.54, 1.807) is 7.11 Å². The highest BCUT2D eigenvalue weighted by atomic mass is 16.5. The van der Waals surface area contributed by atoms with Crippen molar-refractivity contribution < 1.29 is 9.47 Å². The Balaban J connectivity index is 1.92. The molecule has 0 aliphatic carbocycles. The number of allylic oxidation sites excluding steroid dienone is 1. The summed E-state index contributed by atoms with van der Waals surface area (Å²) in [5.74, 6) is 0.897. The standard InChI is InChI=1S/C18H19N5O3/c1-25-13-7-6-11-5-3-2-4-8-26-17-21-15(19)14-16(22-17)23(18(24)20-14)10-12(13)9-11/h2-3,6-7,9H,4-5,8,10H2,1H3,(H,20,24)(H2,19,21,22)/b3-2+. The van der Waals surface area contributed by atoms with E-state index < -0.39 is 0 Å². The van der Waals surface area contributed by atoms with Crippen LogP contribution in [0.3, 0.4) is 0 Å². The highest BCUT2D eigenvalue weighted by Crippen LogP contribution is 2.24. The molecule has 3 heterocycles. The fraction of sp³-hybridized carbons (Fsp3) is 0.278. The van der Waals surface area contributed by atoms with Gasteiger partial charge in [-0.05, 0) is 30.5 Å². The molecular formula is C18H19N5O3. The van der Waals surface area contributed by atoms with Gasteiger partial charge in [-0.1, -0.05) is 18.2 Å². The third-order valence-corrected chi connectivity index (χ3v) is 4.34. The Morgan fingerprint density at radius 3 is 3.04 bits per heavy atom. The van der Waals surface area contributed by atoms with Crippen molar-refractivity contribution in [1.29, 1.82) is 0 Å². The third-order valence-electron chi connectivity index (χ3n) is 4.34. The number of aromatic amines is 1. The van der Waals surface area contributed by atoms with Gasteiger partial charge in [-0.2, -0.15) is 9.97 Å². The number of imidazole rings is 1. The van der Waals surface area contributed by atoms with E-state index >= 15 is 0 Å². The summed E-state index contributed by atoms with van der Waals surface area (Å²) in [4.78, 5) is 23.7. The molecule has 0 fully saturated rings. The van der Waals surface area contributed by atoms with Crippen molar-refractivity contribution in [1.82, 2.24) is 19.5 Å². The molecule has 0 atom stereocenters. The summed E-state index contributed by atoms with van der Waals surface area (Å²) in [6.07, 6.45) is 5.67. The molecule has 4 rings (SSSR count). The van der Waals surface area contributed by atoms with E-state index in [4.69, 9.17) is 15.2 Å². The molecule has 26 heavy (non-hydrogen) atoms. The molecule has 3 aromatic rings. The minimum absolute atomic E-state index is 0.161. The van der Waals surface area contributed by atoms with E-state index in [0.717, 1.165) is 24.0 Å². The lowest BCUT2D eigenvalue weighted by Gasteiger charge is -2.12. The number of nitrogens with zero attached hydrogens (tertiary/aromatic N) is 3. The summed E-state index contributed by atoms with van der Waals surface area (Å²) in [6, 6.07) is 6.14. The lowest BCUT2D eigenvalue weighted by molar-refractivity contribution is 0.300. The number of aromatic nitrogens is 4. The maximum atomic E-state index is 12.5. The van der Waals surface area contributed by atoms with E-state index in [9.17, 15) is 4.79 Å². The molecule has 3 N–H and O–H groups in total. The average molecular weight is 353 g/mol. The predicted octanol–water partition coefficient (Wildman–Crippen LogP) is 1.64. The molecule has 0 unspecified atom stereocenters. The fourth-order valence-electron chi connectivity index (χ4n) is 3.05. The molecule has 2 aromatic heterocycles. The Hall–Kier alpha value is -3.29. The van der Waals surface area contributed by atoms with Gasteiger partial charge in [-0.25, -0.2) is 4.79 Å². The molecule has 134 valence electrons. The van der Waals surface area contributed by atoms with Crippen LogP contribution in [0.15, 0.2) is 35.1 Å². The summed E-state index contributed by atoms with van der Waals surface area (Å²) in [5, 5.41) is 0. The molecule has 0 radical (unpaired) electrons. The van der Waals surface area contributed by atoms with Crippen LogP contribution in [0.25, 0.3) is 11.2 Å². The first-order chi connectivity index (χ1) is 12.7. The Morgan fingerprint density at radius 1 is 1.31 bits per heavy atom. The maximum Gasteiger partial charge on any atom is 0.328 e. The van der Waals surface area contributed by atoms with Crippen molar-refractivity contribution in [2.45, 2.75) is 19.4 Å². The number of nitrogens with two attached hydrogens (primary N) is 1. The van der Waals surface area contributed by atoms with Crippen molar-refractivity contribution in [2.24, 2.45) is 0 Å². The largest absolute Gasteiger partial charge is 0.496 e. The molecule has 0 saturated heterocycles. The van der Waals surface area contributed by atoms with Crippen LogP contribution < -0.4 is 20.9 Å². The highest BCUT2D eigenvalue weighted by Gasteiger charge is 2.16. The number of fused-ring (bicyclic) bond motifs is 3. The smallest absolute Gasteiger partial charge is 0.328 e.